The molecule has 0 aliphatic carbocycles. The van der Waals surface area contributed by atoms with Crippen molar-refractivity contribution in [3.8, 4) is 0 Å². The number of hydrogen-bond acceptors (Lipinski definition) is 3. The molecule has 2 unspecified atom stereocenters. The Bertz CT molecular complexity index is 395. The van der Waals surface area contributed by atoms with Gasteiger partial charge in [-0.2, -0.15) is 0 Å². The lowest BCUT2D eigenvalue weighted by Gasteiger charge is -2.11. The summed E-state index contributed by atoms with van der Waals surface area (Å²) in [7, 11) is -0.651. The predicted molar refractivity (Wildman–Crippen MR) is 76.3 cm³/mol. The first-order valence-electron chi connectivity index (χ1n) is 6.00. The average Bonchev–Trinajstić information content (AvgIpc) is 2.72. The number of hydrogen-bond donors (Lipinski definition) is 1. The normalized spacial score (nSPS) is 20.2. The summed E-state index contributed by atoms with van der Waals surface area (Å²) in [5, 5.41) is 3.48. The van der Waals surface area contributed by atoms with Crippen molar-refractivity contribution in [1.29, 1.82) is 0 Å². The zero-order valence-electron chi connectivity index (χ0n) is 10.1. The third kappa shape index (κ3) is 3.83. The van der Waals surface area contributed by atoms with Crippen molar-refractivity contribution in [2.45, 2.75) is 17.2 Å². The number of nitrogens with one attached hydrogen (secondary N) is 1. The second-order valence-corrected chi connectivity index (χ2v) is 7.00. The Kier molecular flexibility index (Phi) is 5.07. The van der Waals surface area contributed by atoms with Crippen LogP contribution in [0.25, 0.3) is 0 Å². The molecule has 0 amide bonds. The van der Waals surface area contributed by atoms with Crippen molar-refractivity contribution < 1.29 is 4.21 Å². The number of thioether (sulfide) groups is 1. The van der Waals surface area contributed by atoms with Crippen molar-refractivity contribution in [2.24, 2.45) is 0 Å². The van der Waals surface area contributed by atoms with Crippen LogP contribution in [0.3, 0.4) is 0 Å². The van der Waals surface area contributed by atoms with Crippen LogP contribution in [0.4, 0.5) is 0 Å². The van der Waals surface area contributed by atoms with Gasteiger partial charge in [0.05, 0.1) is 0 Å². The van der Waals surface area contributed by atoms with Gasteiger partial charge < -0.3 is 5.32 Å². The van der Waals surface area contributed by atoms with E-state index in [1.54, 1.807) is 6.26 Å². The summed E-state index contributed by atoms with van der Waals surface area (Å²) in [4.78, 5) is 1.44. The second-order valence-electron chi connectivity index (χ2n) is 4.38. The van der Waals surface area contributed by atoms with E-state index in [1.165, 1.54) is 16.2 Å². The fourth-order valence-corrected chi connectivity index (χ4v) is 3.88. The maximum Gasteiger partial charge on any atom is 0.0244 e. The Labute approximate surface area is 110 Å². The molecule has 0 fully saturated rings. The van der Waals surface area contributed by atoms with Gasteiger partial charge >= 0.3 is 0 Å². The molecule has 0 aromatic heterocycles. The molecule has 1 aliphatic heterocycles. The quantitative estimate of drug-likeness (QED) is 0.803. The Morgan fingerprint density at radius 2 is 2.29 bits per heavy atom. The summed E-state index contributed by atoms with van der Waals surface area (Å²) in [5.41, 5.74) is 1.49. The number of fused-ring (bicyclic) bond motifs is 1. The molecule has 2 rings (SSSR count). The van der Waals surface area contributed by atoms with Crippen molar-refractivity contribution in [3.63, 3.8) is 0 Å². The van der Waals surface area contributed by atoms with Crippen LogP contribution in [0.5, 0.6) is 0 Å². The van der Waals surface area contributed by atoms with Crippen molar-refractivity contribution >= 4 is 22.6 Å². The molecule has 1 aliphatic rings. The molecule has 1 aromatic carbocycles. The molecule has 0 saturated heterocycles. The zero-order valence-corrected chi connectivity index (χ0v) is 11.8. The van der Waals surface area contributed by atoms with Crippen molar-refractivity contribution in [1.82, 2.24) is 5.32 Å². The summed E-state index contributed by atoms with van der Waals surface area (Å²) < 4.78 is 10.9. The fraction of sp³-hybridized carbons (Fsp3) is 0.538. The molecule has 0 radical (unpaired) electrons. The third-order valence-electron chi connectivity index (χ3n) is 2.97. The molecule has 0 saturated carbocycles. The van der Waals surface area contributed by atoms with Crippen molar-refractivity contribution in [3.05, 3.63) is 29.8 Å². The van der Waals surface area contributed by atoms with Crippen LogP contribution in [0.2, 0.25) is 0 Å². The second kappa shape index (κ2) is 6.57. The van der Waals surface area contributed by atoms with E-state index in [4.69, 9.17) is 0 Å². The monoisotopic (exact) mass is 269 g/mol. The molecule has 0 bridgehead atoms. The molecule has 1 aromatic rings. The van der Waals surface area contributed by atoms with Crippen LogP contribution in [0, 0.1) is 0 Å². The third-order valence-corrected chi connectivity index (χ3v) is 5.09. The summed E-state index contributed by atoms with van der Waals surface area (Å²) in [6, 6.07) is 8.68. The Balaban J connectivity index is 1.73. The van der Waals surface area contributed by atoms with Gasteiger partial charge in [-0.05, 0) is 24.6 Å². The largest absolute Gasteiger partial charge is 0.316 e. The predicted octanol–water partition coefficient (Wildman–Crippen LogP) is 2.23. The topological polar surface area (TPSA) is 29.1 Å². The van der Waals surface area contributed by atoms with E-state index in [-0.39, 0.29) is 0 Å². The van der Waals surface area contributed by atoms with Gasteiger partial charge in [0.15, 0.2) is 0 Å². The van der Waals surface area contributed by atoms with Gasteiger partial charge in [-0.15, -0.1) is 11.8 Å². The highest BCUT2D eigenvalue weighted by Gasteiger charge is 2.21. The Hall–Kier alpha value is -0.320. The lowest BCUT2D eigenvalue weighted by atomic mass is 10.0. The van der Waals surface area contributed by atoms with E-state index >= 15 is 0 Å². The number of rotatable bonds is 6. The molecule has 17 heavy (non-hydrogen) atoms. The smallest absolute Gasteiger partial charge is 0.0244 e. The van der Waals surface area contributed by atoms with Gasteiger partial charge in [0, 0.05) is 45.9 Å². The minimum absolute atomic E-state index is 0.642. The highest BCUT2D eigenvalue weighted by atomic mass is 32.2. The van der Waals surface area contributed by atoms with Gasteiger partial charge in [0.25, 0.3) is 0 Å². The maximum absolute atomic E-state index is 10.9. The zero-order chi connectivity index (χ0) is 12.1. The summed E-state index contributed by atoms with van der Waals surface area (Å²) >= 11 is 1.96. The summed E-state index contributed by atoms with van der Waals surface area (Å²) in [6.07, 6.45) is 2.77. The molecule has 0 spiro atoms. The SMILES string of the molecule is CS(=O)CCCNCC1CSc2ccccc21. The summed E-state index contributed by atoms with van der Waals surface area (Å²) in [5.74, 6) is 2.64. The molecular formula is C13H19NOS2. The fourth-order valence-electron chi connectivity index (χ4n) is 2.08. The molecule has 2 atom stereocenters. The van der Waals surface area contributed by atoms with E-state index in [9.17, 15) is 4.21 Å². The van der Waals surface area contributed by atoms with Crippen LogP contribution in [0.1, 0.15) is 17.9 Å². The summed E-state index contributed by atoms with van der Waals surface area (Å²) in [6.45, 7) is 2.02. The van der Waals surface area contributed by atoms with Crippen LogP contribution < -0.4 is 5.32 Å². The van der Waals surface area contributed by atoms with E-state index in [0.29, 0.717) is 5.92 Å². The van der Waals surface area contributed by atoms with Gasteiger partial charge in [-0.1, -0.05) is 18.2 Å². The van der Waals surface area contributed by atoms with Gasteiger partial charge in [-0.25, -0.2) is 0 Å². The Morgan fingerprint density at radius 3 is 3.12 bits per heavy atom. The van der Waals surface area contributed by atoms with Crippen LogP contribution in [-0.2, 0) is 10.8 Å². The minimum atomic E-state index is -0.651. The van der Waals surface area contributed by atoms with Gasteiger partial charge in [0.2, 0.25) is 0 Å². The Morgan fingerprint density at radius 1 is 1.47 bits per heavy atom. The van der Waals surface area contributed by atoms with E-state index in [2.05, 4.69) is 29.6 Å². The highest BCUT2D eigenvalue weighted by Crippen LogP contribution is 2.38. The van der Waals surface area contributed by atoms with Crippen molar-refractivity contribution in [2.75, 3.05) is 30.9 Å². The average molecular weight is 269 g/mol. The molecule has 2 nitrogen and oxygen atoms in total. The van der Waals surface area contributed by atoms with E-state index in [0.717, 1.165) is 25.3 Å². The van der Waals surface area contributed by atoms with E-state index in [1.807, 2.05) is 11.8 Å². The lowest BCUT2D eigenvalue weighted by Crippen LogP contribution is -2.23. The van der Waals surface area contributed by atoms with Gasteiger partial charge in [-0.3, -0.25) is 4.21 Å². The van der Waals surface area contributed by atoms with Crippen LogP contribution >= 0.6 is 11.8 Å². The first kappa shape index (κ1) is 13.1. The maximum atomic E-state index is 10.9. The van der Waals surface area contributed by atoms with Crippen LogP contribution in [0.15, 0.2) is 29.2 Å². The highest BCUT2D eigenvalue weighted by molar-refractivity contribution is 7.99. The molecule has 94 valence electrons. The first-order chi connectivity index (χ1) is 8.27. The molecule has 4 heteroatoms. The minimum Gasteiger partial charge on any atom is -0.316 e. The lowest BCUT2D eigenvalue weighted by molar-refractivity contribution is 0.613. The number of benzene rings is 1. The van der Waals surface area contributed by atoms with Crippen LogP contribution in [-0.4, -0.2) is 35.1 Å². The van der Waals surface area contributed by atoms with E-state index < -0.39 is 10.8 Å². The first-order valence-corrected chi connectivity index (χ1v) is 8.71. The molecular weight excluding hydrogens is 250 g/mol. The standard InChI is InChI=1S/C13H19NOS2/c1-17(15)8-4-7-14-9-11-10-16-13-6-3-2-5-12(11)13/h2-3,5-6,11,14H,4,7-10H2,1H3. The molecule has 1 heterocycles. The van der Waals surface area contributed by atoms with Gasteiger partial charge in [0.1, 0.15) is 0 Å². The molecule has 1 N–H and O–H groups in total.